The van der Waals surface area contributed by atoms with E-state index >= 15 is 0 Å². The highest BCUT2D eigenvalue weighted by Gasteiger charge is 2.35. The minimum Gasteiger partial charge on any atom is -0.342 e. The summed E-state index contributed by atoms with van der Waals surface area (Å²) >= 11 is 0. The van der Waals surface area contributed by atoms with Crippen LogP contribution in [0.4, 0.5) is 0 Å². The van der Waals surface area contributed by atoms with Crippen molar-refractivity contribution in [3.8, 4) is 0 Å². The van der Waals surface area contributed by atoms with Gasteiger partial charge >= 0.3 is 0 Å². The van der Waals surface area contributed by atoms with Gasteiger partial charge in [-0.2, -0.15) is 0 Å². The number of rotatable bonds is 2. The Morgan fingerprint density at radius 3 is 2.35 bits per heavy atom. The minimum absolute atomic E-state index is 0. The van der Waals surface area contributed by atoms with Crippen molar-refractivity contribution >= 4 is 18.3 Å². The molecule has 0 bridgehead atoms. The van der Waals surface area contributed by atoms with Crippen LogP contribution in [0, 0.1) is 6.92 Å². The zero-order chi connectivity index (χ0) is 14.0. The van der Waals surface area contributed by atoms with Crippen molar-refractivity contribution in [2.75, 3.05) is 13.1 Å². The second kappa shape index (κ2) is 6.59. The topological polar surface area (TPSA) is 46.3 Å². The van der Waals surface area contributed by atoms with Crippen LogP contribution in [0.15, 0.2) is 24.3 Å². The van der Waals surface area contributed by atoms with Gasteiger partial charge in [0, 0.05) is 19.1 Å². The summed E-state index contributed by atoms with van der Waals surface area (Å²) in [5, 5.41) is 0. The van der Waals surface area contributed by atoms with Crippen LogP contribution in [0.3, 0.4) is 0 Å². The average molecular weight is 297 g/mol. The average Bonchev–Trinajstić information content (AvgIpc) is 2.39. The maximum Gasteiger partial charge on any atom is 0.232 e. The van der Waals surface area contributed by atoms with Crippen LogP contribution in [0.1, 0.15) is 37.8 Å². The highest BCUT2D eigenvalue weighted by atomic mass is 35.5. The van der Waals surface area contributed by atoms with Crippen LogP contribution in [0.5, 0.6) is 0 Å². The molecule has 3 nitrogen and oxygen atoms in total. The van der Waals surface area contributed by atoms with E-state index in [1.165, 1.54) is 5.56 Å². The molecule has 1 aromatic rings. The number of hydrogen-bond donors (Lipinski definition) is 1. The summed E-state index contributed by atoms with van der Waals surface area (Å²) in [5.74, 6) is 0.216. The first-order chi connectivity index (χ1) is 8.93. The number of nitrogens with two attached hydrogens (primary N) is 1. The fourth-order valence-corrected chi connectivity index (χ4v) is 2.89. The van der Waals surface area contributed by atoms with E-state index < -0.39 is 5.41 Å². The molecule has 0 atom stereocenters. The number of nitrogens with zero attached hydrogens (tertiary/aromatic N) is 1. The number of hydrogen-bond acceptors (Lipinski definition) is 2. The fraction of sp³-hybridized carbons (Fsp3) is 0.562. The predicted molar refractivity (Wildman–Crippen MR) is 85.2 cm³/mol. The molecule has 20 heavy (non-hydrogen) atoms. The van der Waals surface area contributed by atoms with Gasteiger partial charge in [0.2, 0.25) is 5.91 Å². The molecule has 1 saturated heterocycles. The lowest BCUT2D eigenvalue weighted by Crippen LogP contribution is -2.49. The molecule has 2 N–H and O–H groups in total. The standard InChI is InChI=1S/C16H24N2O.ClH/c1-12-6-4-5-7-14(12)16(2,3)15(19)18-10-8-13(17)9-11-18;/h4-7,13H,8-11,17H2,1-3H3;1H. The Bertz CT molecular complexity index is 465. The summed E-state index contributed by atoms with van der Waals surface area (Å²) in [7, 11) is 0. The van der Waals surface area contributed by atoms with E-state index in [0.717, 1.165) is 31.5 Å². The van der Waals surface area contributed by atoms with Gasteiger partial charge in [-0.25, -0.2) is 0 Å². The van der Waals surface area contributed by atoms with E-state index in [4.69, 9.17) is 5.73 Å². The molecular weight excluding hydrogens is 272 g/mol. The van der Waals surface area contributed by atoms with Gasteiger partial charge in [0.05, 0.1) is 5.41 Å². The highest BCUT2D eigenvalue weighted by Crippen LogP contribution is 2.29. The Morgan fingerprint density at radius 1 is 1.25 bits per heavy atom. The lowest BCUT2D eigenvalue weighted by molar-refractivity contribution is -0.137. The van der Waals surface area contributed by atoms with Crippen molar-refractivity contribution in [2.24, 2.45) is 5.73 Å². The summed E-state index contributed by atoms with van der Waals surface area (Å²) in [4.78, 5) is 14.7. The molecule has 112 valence electrons. The van der Waals surface area contributed by atoms with E-state index in [-0.39, 0.29) is 24.4 Å². The highest BCUT2D eigenvalue weighted by molar-refractivity contribution is 5.87. The van der Waals surface area contributed by atoms with E-state index in [1.54, 1.807) is 0 Å². The molecule has 1 heterocycles. The summed E-state index contributed by atoms with van der Waals surface area (Å²) < 4.78 is 0. The molecule has 0 aromatic heterocycles. The van der Waals surface area contributed by atoms with Crippen LogP contribution in [-0.4, -0.2) is 29.9 Å². The third-order valence-electron chi connectivity index (χ3n) is 4.18. The number of likely N-dealkylation sites (tertiary alicyclic amines) is 1. The lowest BCUT2D eigenvalue weighted by atomic mass is 9.80. The SMILES string of the molecule is Cc1ccccc1C(C)(C)C(=O)N1CCC(N)CC1.Cl. The minimum atomic E-state index is -0.465. The third kappa shape index (κ3) is 3.33. The zero-order valence-corrected chi connectivity index (χ0v) is 13.4. The number of benzene rings is 1. The Labute approximate surface area is 127 Å². The molecule has 1 aliphatic rings. The van der Waals surface area contributed by atoms with Crippen LogP contribution in [0.25, 0.3) is 0 Å². The first-order valence-corrected chi connectivity index (χ1v) is 7.04. The van der Waals surface area contributed by atoms with Gasteiger partial charge in [0.1, 0.15) is 0 Å². The molecule has 1 amide bonds. The second-order valence-electron chi connectivity index (χ2n) is 6.07. The Kier molecular flexibility index (Phi) is 5.60. The number of halogens is 1. The maximum absolute atomic E-state index is 12.8. The predicted octanol–water partition coefficient (Wildman–Crippen LogP) is 2.64. The van der Waals surface area contributed by atoms with E-state index in [2.05, 4.69) is 19.1 Å². The normalized spacial score (nSPS) is 16.7. The molecule has 1 aliphatic heterocycles. The largest absolute Gasteiger partial charge is 0.342 e. The van der Waals surface area contributed by atoms with Gasteiger partial charge in [0.15, 0.2) is 0 Å². The van der Waals surface area contributed by atoms with E-state index in [1.807, 2.05) is 30.9 Å². The monoisotopic (exact) mass is 296 g/mol. The number of aryl methyl sites for hydroxylation is 1. The molecular formula is C16H25ClN2O. The maximum atomic E-state index is 12.8. The summed E-state index contributed by atoms with van der Waals surface area (Å²) in [6.07, 6.45) is 1.82. The molecule has 0 unspecified atom stereocenters. The molecule has 2 rings (SSSR count). The molecule has 4 heteroatoms. The van der Waals surface area contributed by atoms with Crippen molar-refractivity contribution in [1.82, 2.24) is 4.90 Å². The summed E-state index contributed by atoms with van der Waals surface area (Å²) in [5.41, 5.74) is 7.73. The number of carbonyl (C=O) groups is 1. The fourth-order valence-electron chi connectivity index (χ4n) is 2.89. The van der Waals surface area contributed by atoms with Gasteiger partial charge in [0.25, 0.3) is 0 Å². The van der Waals surface area contributed by atoms with Gasteiger partial charge in [-0.15, -0.1) is 12.4 Å². The molecule has 1 fully saturated rings. The van der Waals surface area contributed by atoms with Gasteiger partial charge < -0.3 is 10.6 Å². The Balaban J connectivity index is 0.00000200. The van der Waals surface area contributed by atoms with Gasteiger partial charge in [-0.1, -0.05) is 24.3 Å². The molecule has 0 spiro atoms. The smallest absolute Gasteiger partial charge is 0.232 e. The summed E-state index contributed by atoms with van der Waals surface area (Å²) in [6, 6.07) is 8.40. The Morgan fingerprint density at radius 2 is 1.80 bits per heavy atom. The van der Waals surface area contributed by atoms with Crippen LogP contribution in [-0.2, 0) is 10.2 Å². The number of amides is 1. The molecule has 0 saturated carbocycles. The van der Waals surface area contributed by atoms with Crippen molar-refractivity contribution < 1.29 is 4.79 Å². The van der Waals surface area contributed by atoms with Crippen molar-refractivity contribution in [3.05, 3.63) is 35.4 Å². The van der Waals surface area contributed by atoms with E-state index in [0.29, 0.717) is 0 Å². The number of piperidine rings is 1. The molecule has 0 aliphatic carbocycles. The third-order valence-corrected chi connectivity index (χ3v) is 4.18. The van der Waals surface area contributed by atoms with Crippen LogP contribution < -0.4 is 5.73 Å². The molecule has 1 aromatic carbocycles. The van der Waals surface area contributed by atoms with E-state index in [9.17, 15) is 4.79 Å². The van der Waals surface area contributed by atoms with Crippen LogP contribution >= 0.6 is 12.4 Å². The lowest BCUT2D eigenvalue weighted by Gasteiger charge is -2.36. The first kappa shape index (κ1) is 17.0. The Hall–Kier alpha value is -1.06. The van der Waals surface area contributed by atoms with Crippen molar-refractivity contribution in [1.29, 1.82) is 0 Å². The van der Waals surface area contributed by atoms with Crippen molar-refractivity contribution in [3.63, 3.8) is 0 Å². The second-order valence-corrected chi connectivity index (χ2v) is 6.07. The summed E-state index contributed by atoms with van der Waals surface area (Å²) in [6.45, 7) is 7.68. The van der Waals surface area contributed by atoms with Crippen LogP contribution in [0.2, 0.25) is 0 Å². The van der Waals surface area contributed by atoms with Gasteiger partial charge in [-0.3, -0.25) is 4.79 Å². The van der Waals surface area contributed by atoms with Crippen molar-refractivity contribution in [2.45, 2.75) is 45.1 Å². The molecule has 0 radical (unpaired) electrons. The zero-order valence-electron chi connectivity index (χ0n) is 12.6. The number of carbonyl (C=O) groups excluding carboxylic acids is 1. The first-order valence-electron chi connectivity index (χ1n) is 7.04. The van der Waals surface area contributed by atoms with Gasteiger partial charge in [-0.05, 0) is 44.7 Å². The quantitative estimate of drug-likeness (QED) is 0.912.